The third-order valence-electron chi connectivity index (χ3n) is 1.75. The number of nitrogens with one attached hydrogen (secondary N) is 1. The Labute approximate surface area is 76.1 Å². The predicted molar refractivity (Wildman–Crippen MR) is 46.7 cm³/mol. The molecule has 0 aliphatic rings. The van der Waals surface area contributed by atoms with Crippen LogP contribution in [-0.4, -0.2) is 12.2 Å². The second-order valence-corrected chi connectivity index (χ2v) is 2.76. The molecule has 0 aromatic heterocycles. The van der Waals surface area contributed by atoms with E-state index >= 15 is 0 Å². The molecule has 1 rings (SSSR count). The van der Waals surface area contributed by atoms with Crippen LogP contribution in [0, 0.1) is 12.7 Å². The zero-order valence-electron chi connectivity index (χ0n) is 7.60. The van der Waals surface area contributed by atoms with Crippen molar-refractivity contribution >= 4 is 0 Å². The molecule has 72 valence electrons. The number of phenols is 1. The van der Waals surface area contributed by atoms with Gasteiger partial charge in [-0.05, 0) is 24.6 Å². The number of halogens is 1. The molecule has 0 saturated carbocycles. The second kappa shape index (κ2) is 4.20. The summed E-state index contributed by atoms with van der Waals surface area (Å²) in [6.45, 7) is 1.93. The maximum absolute atomic E-state index is 12.9. The van der Waals surface area contributed by atoms with Crippen molar-refractivity contribution in [2.75, 3.05) is 7.11 Å². The summed E-state index contributed by atoms with van der Waals surface area (Å²) >= 11 is 0. The largest absolute Gasteiger partial charge is 0.507 e. The van der Waals surface area contributed by atoms with Crippen LogP contribution < -0.4 is 5.48 Å². The first-order valence-corrected chi connectivity index (χ1v) is 3.89. The van der Waals surface area contributed by atoms with E-state index in [1.54, 1.807) is 6.92 Å². The van der Waals surface area contributed by atoms with Crippen LogP contribution >= 0.6 is 0 Å². The molecule has 0 heterocycles. The van der Waals surface area contributed by atoms with Gasteiger partial charge in [-0.3, -0.25) is 0 Å². The summed E-state index contributed by atoms with van der Waals surface area (Å²) in [5.74, 6) is -0.255. The highest BCUT2D eigenvalue weighted by molar-refractivity contribution is 5.39. The molecule has 13 heavy (non-hydrogen) atoms. The van der Waals surface area contributed by atoms with Gasteiger partial charge >= 0.3 is 0 Å². The van der Waals surface area contributed by atoms with Crippen LogP contribution in [-0.2, 0) is 11.4 Å². The number of rotatable bonds is 3. The topological polar surface area (TPSA) is 41.5 Å². The van der Waals surface area contributed by atoms with Crippen molar-refractivity contribution in [1.82, 2.24) is 5.48 Å². The highest BCUT2D eigenvalue weighted by Gasteiger charge is 2.06. The Hall–Kier alpha value is -1.13. The van der Waals surface area contributed by atoms with E-state index in [0.29, 0.717) is 11.1 Å². The lowest BCUT2D eigenvalue weighted by Crippen LogP contribution is -2.11. The molecule has 0 bridgehead atoms. The fourth-order valence-corrected chi connectivity index (χ4v) is 1.09. The number of aryl methyl sites for hydroxylation is 1. The van der Waals surface area contributed by atoms with Gasteiger partial charge in [-0.15, -0.1) is 0 Å². The maximum atomic E-state index is 12.9. The van der Waals surface area contributed by atoms with Crippen molar-refractivity contribution in [1.29, 1.82) is 0 Å². The Balaban J connectivity index is 2.92. The van der Waals surface area contributed by atoms with E-state index in [-0.39, 0.29) is 18.1 Å². The molecule has 0 unspecified atom stereocenters. The van der Waals surface area contributed by atoms with Crippen molar-refractivity contribution in [3.63, 3.8) is 0 Å². The summed E-state index contributed by atoms with van der Waals surface area (Å²) in [6.07, 6.45) is 0. The van der Waals surface area contributed by atoms with E-state index in [1.807, 2.05) is 0 Å². The van der Waals surface area contributed by atoms with Gasteiger partial charge in [0.1, 0.15) is 11.6 Å². The molecule has 1 aromatic carbocycles. The highest BCUT2D eigenvalue weighted by atomic mass is 19.1. The molecular formula is C9H12FNO2. The lowest BCUT2D eigenvalue weighted by atomic mass is 10.1. The molecule has 1 aromatic rings. The molecule has 0 atom stereocenters. The van der Waals surface area contributed by atoms with Gasteiger partial charge < -0.3 is 9.94 Å². The number of hydrogen-bond acceptors (Lipinski definition) is 3. The monoisotopic (exact) mass is 185 g/mol. The van der Waals surface area contributed by atoms with Gasteiger partial charge in [0.05, 0.1) is 7.11 Å². The van der Waals surface area contributed by atoms with Crippen molar-refractivity contribution in [3.8, 4) is 5.75 Å². The number of hydrogen-bond donors (Lipinski definition) is 2. The zero-order valence-corrected chi connectivity index (χ0v) is 7.60. The Morgan fingerprint density at radius 3 is 2.85 bits per heavy atom. The molecule has 3 nitrogen and oxygen atoms in total. The van der Waals surface area contributed by atoms with Gasteiger partial charge in [0.2, 0.25) is 0 Å². The molecule has 0 radical (unpaired) electrons. The minimum Gasteiger partial charge on any atom is -0.507 e. The molecule has 0 spiro atoms. The molecule has 0 fully saturated rings. The van der Waals surface area contributed by atoms with E-state index in [0.717, 1.165) is 0 Å². The first-order chi connectivity index (χ1) is 6.15. The molecule has 0 aliphatic carbocycles. The zero-order chi connectivity index (χ0) is 9.84. The standard InChI is InChI=1S/C9H12FNO2/c1-6-3-8(10)4-7(9(6)12)5-11-13-2/h3-4,11-12H,5H2,1-2H3. The number of aromatic hydroxyl groups is 1. The Kier molecular flexibility index (Phi) is 3.22. The van der Waals surface area contributed by atoms with Crippen molar-refractivity contribution < 1.29 is 14.3 Å². The summed E-state index contributed by atoms with van der Waals surface area (Å²) in [6, 6.07) is 2.56. The molecule has 4 heteroatoms. The quantitative estimate of drug-likeness (QED) is 0.701. The number of phenolic OH excluding ortho intramolecular Hbond substituents is 1. The van der Waals surface area contributed by atoms with E-state index in [9.17, 15) is 9.50 Å². The van der Waals surface area contributed by atoms with Crippen LogP contribution in [0.25, 0.3) is 0 Å². The SMILES string of the molecule is CONCc1cc(F)cc(C)c1O. The van der Waals surface area contributed by atoms with Gasteiger partial charge in [-0.2, -0.15) is 5.48 Å². The lowest BCUT2D eigenvalue weighted by Gasteiger charge is -2.07. The second-order valence-electron chi connectivity index (χ2n) is 2.76. The molecule has 0 aliphatic heterocycles. The van der Waals surface area contributed by atoms with Crippen LogP contribution in [0.3, 0.4) is 0 Å². The normalized spacial score (nSPS) is 10.4. The molecular weight excluding hydrogens is 173 g/mol. The summed E-state index contributed by atoms with van der Waals surface area (Å²) in [5, 5.41) is 9.49. The molecule has 0 saturated heterocycles. The maximum Gasteiger partial charge on any atom is 0.124 e. The fourth-order valence-electron chi connectivity index (χ4n) is 1.09. The minimum absolute atomic E-state index is 0.103. The van der Waals surface area contributed by atoms with E-state index in [4.69, 9.17) is 0 Å². The highest BCUT2D eigenvalue weighted by Crippen LogP contribution is 2.22. The van der Waals surface area contributed by atoms with Crippen molar-refractivity contribution in [2.24, 2.45) is 0 Å². The summed E-state index contributed by atoms with van der Waals surface area (Å²) in [7, 11) is 1.46. The van der Waals surface area contributed by atoms with E-state index in [1.165, 1.54) is 19.2 Å². The van der Waals surface area contributed by atoms with Crippen LogP contribution in [0.2, 0.25) is 0 Å². The summed E-state index contributed by atoms with van der Waals surface area (Å²) in [4.78, 5) is 4.60. The molecule has 0 amide bonds. The van der Waals surface area contributed by atoms with Crippen LogP contribution in [0.5, 0.6) is 5.75 Å². The van der Waals surface area contributed by atoms with E-state index < -0.39 is 0 Å². The van der Waals surface area contributed by atoms with Crippen LogP contribution in [0.4, 0.5) is 4.39 Å². The van der Waals surface area contributed by atoms with E-state index in [2.05, 4.69) is 10.3 Å². The summed E-state index contributed by atoms with van der Waals surface area (Å²) < 4.78 is 12.9. The van der Waals surface area contributed by atoms with Gasteiger partial charge in [-0.1, -0.05) is 0 Å². The Morgan fingerprint density at radius 2 is 2.23 bits per heavy atom. The first kappa shape index (κ1) is 9.95. The predicted octanol–water partition coefficient (Wildman–Crippen LogP) is 1.49. The van der Waals surface area contributed by atoms with Gasteiger partial charge in [-0.25, -0.2) is 4.39 Å². The van der Waals surface area contributed by atoms with Gasteiger partial charge in [0.15, 0.2) is 0 Å². The Bertz CT molecular complexity index is 302. The first-order valence-electron chi connectivity index (χ1n) is 3.89. The van der Waals surface area contributed by atoms with Crippen LogP contribution in [0.1, 0.15) is 11.1 Å². The molecule has 2 N–H and O–H groups in total. The third-order valence-corrected chi connectivity index (χ3v) is 1.75. The fraction of sp³-hybridized carbons (Fsp3) is 0.333. The lowest BCUT2D eigenvalue weighted by molar-refractivity contribution is 0.0860. The van der Waals surface area contributed by atoms with Crippen molar-refractivity contribution in [3.05, 3.63) is 29.1 Å². The Morgan fingerprint density at radius 1 is 1.54 bits per heavy atom. The number of benzene rings is 1. The van der Waals surface area contributed by atoms with Gasteiger partial charge in [0.25, 0.3) is 0 Å². The average Bonchev–Trinajstić information content (AvgIpc) is 2.09. The summed E-state index contributed by atoms with van der Waals surface area (Å²) in [5.41, 5.74) is 3.54. The smallest absolute Gasteiger partial charge is 0.124 e. The van der Waals surface area contributed by atoms with Crippen LogP contribution in [0.15, 0.2) is 12.1 Å². The minimum atomic E-state index is -0.358. The van der Waals surface area contributed by atoms with Gasteiger partial charge in [0, 0.05) is 12.1 Å². The average molecular weight is 185 g/mol. The van der Waals surface area contributed by atoms with Crippen molar-refractivity contribution in [2.45, 2.75) is 13.5 Å². The third kappa shape index (κ3) is 2.40. The number of hydroxylamine groups is 1.